The molecule has 0 radical (unpaired) electrons. The first-order valence-electron chi connectivity index (χ1n) is 7.01. The molecule has 6 nitrogen and oxygen atoms in total. The maximum Gasteiger partial charge on any atom is 0.249 e. The number of rotatable bonds is 4. The molecule has 2 fully saturated rings. The highest BCUT2D eigenvalue weighted by molar-refractivity contribution is 5.91. The van der Waals surface area contributed by atoms with Gasteiger partial charge in [-0.25, -0.2) is 0 Å². The van der Waals surface area contributed by atoms with Gasteiger partial charge in [-0.15, -0.1) is 0 Å². The van der Waals surface area contributed by atoms with Crippen molar-refractivity contribution in [3.05, 3.63) is 24.3 Å². The van der Waals surface area contributed by atoms with Gasteiger partial charge in [-0.3, -0.25) is 19.6 Å². The highest BCUT2D eigenvalue weighted by Gasteiger charge is 2.51. The minimum Gasteiger partial charge on any atom is -0.367 e. The smallest absolute Gasteiger partial charge is 0.249 e. The molecule has 2 aliphatic rings. The zero-order valence-electron chi connectivity index (χ0n) is 11.3. The van der Waals surface area contributed by atoms with E-state index in [-0.39, 0.29) is 5.91 Å². The van der Waals surface area contributed by atoms with E-state index < -0.39 is 11.4 Å². The van der Waals surface area contributed by atoms with Crippen LogP contribution in [0.4, 0.5) is 0 Å². The molecule has 3 rings (SSSR count). The Morgan fingerprint density at radius 3 is 2.80 bits per heavy atom. The van der Waals surface area contributed by atoms with Gasteiger partial charge in [0.25, 0.3) is 0 Å². The van der Waals surface area contributed by atoms with Crippen molar-refractivity contribution in [2.75, 3.05) is 6.54 Å². The third-order valence-corrected chi connectivity index (χ3v) is 4.24. The summed E-state index contributed by atoms with van der Waals surface area (Å²) in [4.78, 5) is 34.4. The number of amides is 2. The van der Waals surface area contributed by atoms with Crippen LogP contribution in [-0.4, -0.2) is 33.2 Å². The number of carbonyl (C=O) groups is 2. The summed E-state index contributed by atoms with van der Waals surface area (Å²) in [6, 6.07) is 0. The number of likely N-dealkylation sites (tertiary alicyclic amines) is 1. The van der Waals surface area contributed by atoms with Crippen LogP contribution in [0.1, 0.15) is 37.8 Å². The van der Waals surface area contributed by atoms with Gasteiger partial charge in [0, 0.05) is 25.4 Å². The summed E-state index contributed by atoms with van der Waals surface area (Å²) in [6.07, 6.45) is 8.62. The summed E-state index contributed by atoms with van der Waals surface area (Å²) in [6.45, 7) is 0.561. The van der Waals surface area contributed by atoms with Crippen LogP contribution in [0.3, 0.4) is 0 Å². The first-order valence-corrected chi connectivity index (χ1v) is 7.01. The number of nitrogens with two attached hydrogens (primary N) is 1. The van der Waals surface area contributed by atoms with Gasteiger partial charge in [0.05, 0.1) is 11.9 Å². The first-order chi connectivity index (χ1) is 9.64. The predicted molar refractivity (Wildman–Crippen MR) is 71.2 cm³/mol. The van der Waals surface area contributed by atoms with Gasteiger partial charge in [0.15, 0.2) is 5.54 Å². The van der Waals surface area contributed by atoms with Gasteiger partial charge in [0.2, 0.25) is 11.8 Å². The third kappa shape index (κ3) is 2.05. The lowest BCUT2D eigenvalue weighted by molar-refractivity contribution is -0.144. The lowest BCUT2D eigenvalue weighted by atomic mass is 9.91. The van der Waals surface area contributed by atoms with Crippen LogP contribution in [0, 0.1) is 5.92 Å². The molecule has 0 spiro atoms. The van der Waals surface area contributed by atoms with Crippen LogP contribution >= 0.6 is 0 Å². The van der Waals surface area contributed by atoms with Crippen LogP contribution in [0.2, 0.25) is 0 Å². The molecule has 1 aromatic rings. The van der Waals surface area contributed by atoms with Gasteiger partial charge in [-0.05, 0) is 31.6 Å². The zero-order valence-corrected chi connectivity index (χ0v) is 11.3. The van der Waals surface area contributed by atoms with Gasteiger partial charge in [-0.2, -0.15) is 0 Å². The fraction of sp³-hybridized carbons (Fsp3) is 0.571. The molecule has 2 heterocycles. The minimum atomic E-state index is -1.11. The van der Waals surface area contributed by atoms with Crippen molar-refractivity contribution in [3.8, 4) is 0 Å². The molecule has 0 bridgehead atoms. The van der Waals surface area contributed by atoms with Crippen molar-refractivity contribution in [2.45, 2.75) is 37.6 Å². The van der Waals surface area contributed by atoms with Crippen LogP contribution < -0.4 is 5.73 Å². The third-order valence-electron chi connectivity index (χ3n) is 4.24. The molecule has 2 amide bonds. The molecule has 2 N–H and O–H groups in total. The Bertz CT molecular complexity index is 529. The summed E-state index contributed by atoms with van der Waals surface area (Å²) in [7, 11) is 0. The molecule has 106 valence electrons. The van der Waals surface area contributed by atoms with E-state index in [1.165, 1.54) is 12.4 Å². The summed E-state index contributed by atoms with van der Waals surface area (Å²) in [5.41, 5.74) is 5.01. The molecule has 1 unspecified atom stereocenters. The van der Waals surface area contributed by atoms with E-state index >= 15 is 0 Å². The maximum atomic E-state index is 12.5. The van der Waals surface area contributed by atoms with Gasteiger partial charge in [-0.1, -0.05) is 0 Å². The van der Waals surface area contributed by atoms with E-state index in [0.717, 1.165) is 19.3 Å². The molecule has 1 aromatic heterocycles. The fourth-order valence-electron chi connectivity index (χ4n) is 3.00. The van der Waals surface area contributed by atoms with E-state index in [9.17, 15) is 9.59 Å². The normalized spacial score (nSPS) is 25.7. The van der Waals surface area contributed by atoms with Gasteiger partial charge >= 0.3 is 0 Å². The Morgan fingerprint density at radius 1 is 1.40 bits per heavy atom. The number of carbonyl (C=O) groups excluding carboxylic acids is 2. The molecular weight excluding hydrogens is 256 g/mol. The van der Waals surface area contributed by atoms with E-state index in [1.807, 2.05) is 0 Å². The second-order valence-electron chi connectivity index (χ2n) is 5.61. The highest BCUT2D eigenvalue weighted by Crippen LogP contribution is 2.40. The fourth-order valence-corrected chi connectivity index (χ4v) is 3.00. The second kappa shape index (κ2) is 4.85. The number of primary amides is 1. The summed E-state index contributed by atoms with van der Waals surface area (Å²) < 4.78 is 0. The molecule has 6 heteroatoms. The van der Waals surface area contributed by atoms with E-state index in [0.29, 0.717) is 31.0 Å². The Hall–Kier alpha value is -1.98. The van der Waals surface area contributed by atoms with Crippen LogP contribution in [0.25, 0.3) is 0 Å². The van der Waals surface area contributed by atoms with Crippen molar-refractivity contribution < 1.29 is 9.59 Å². The predicted octanol–water partition coefficient (Wildman–Crippen LogP) is 0.580. The van der Waals surface area contributed by atoms with Crippen LogP contribution in [0.5, 0.6) is 0 Å². The van der Waals surface area contributed by atoms with E-state index in [2.05, 4.69) is 9.97 Å². The Morgan fingerprint density at radius 2 is 2.20 bits per heavy atom. The van der Waals surface area contributed by atoms with Crippen molar-refractivity contribution in [1.29, 1.82) is 0 Å². The molecule has 1 aliphatic heterocycles. The SMILES string of the molecule is NC(=O)C1(c2cnccn2)CCCN1C(=O)CC1CC1. The molecule has 20 heavy (non-hydrogen) atoms. The Kier molecular flexibility index (Phi) is 3.16. The number of hydrogen-bond donors (Lipinski definition) is 1. The molecule has 1 aliphatic carbocycles. The molecule has 1 saturated carbocycles. The first kappa shape index (κ1) is 13.0. The average molecular weight is 274 g/mol. The van der Waals surface area contributed by atoms with Crippen LogP contribution in [-0.2, 0) is 15.1 Å². The summed E-state index contributed by atoms with van der Waals surface area (Å²) in [5.74, 6) is -0.0235. The van der Waals surface area contributed by atoms with E-state index in [1.54, 1.807) is 11.1 Å². The largest absolute Gasteiger partial charge is 0.367 e. The average Bonchev–Trinajstić information content (AvgIpc) is 3.14. The zero-order chi connectivity index (χ0) is 14.2. The summed E-state index contributed by atoms with van der Waals surface area (Å²) >= 11 is 0. The number of aromatic nitrogens is 2. The lowest BCUT2D eigenvalue weighted by Crippen LogP contribution is -2.54. The monoisotopic (exact) mass is 274 g/mol. The molecule has 1 saturated heterocycles. The number of hydrogen-bond acceptors (Lipinski definition) is 4. The van der Waals surface area contributed by atoms with Crippen LogP contribution in [0.15, 0.2) is 18.6 Å². The maximum absolute atomic E-state index is 12.5. The van der Waals surface area contributed by atoms with Gasteiger partial charge in [0.1, 0.15) is 0 Å². The molecular formula is C14H18N4O2. The highest BCUT2D eigenvalue weighted by atomic mass is 16.2. The van der Waals surface area contributed by atoms with Crippen molar-refractivity contribution in [1.82, 2.24) is 14.9 Å². The van der Waals surface area contributed by atoms with Crippen molar-refractivity contribution >= 4 is 11.8 Å². The van der Waals surface area contributed by atoms with Crippen molar-refractivity contribution in [2.24, 2.45) is 11.7 Å². The Labute approximate surface area is 117 Å². The standard InChI is InChI=1S/C14H18N4O2/c15-13(20)14(11-9-16-5-6-17-11)4-1-7-18(14)12(19)8-10-2-3-10/h5-6,9-10H,1-4,7-8H2,(H2,15,20). The van der Waals surface area contributed by atoms with Crippen molar-refractivity contribution in [3.63, 3.8) is 0 Å². The minimum absolute atomic E-state index is 0.00875. The Balaban J connectivity index is 1.95. The topological polar surface area (TPSA) is 89.2 Å². The number of nitrogens with zero attached hydrogens (tertiary/aromatic N) is 3. The molecule has 0 aromatic carbocycles. The van der Waals surface area contributed by atoms with Gasteiger partial charge < -0.3 is 10.6 Å². The second-order valence-corrected chi connectivity index (χ2v) is 5.61. The summed E-state index contributed by atoms with van der Waals surface area (Å²) in [5, 5.41) is 0. The molecule has 1 atom stereocenters. The lowest BCUT2D eigenvalue weighted by Gasteiger charge is -2.35. The quantitative estimate of drug-likeness (QED) is 0.869. The van der Waals surface area contributed by atoms with E-state index in [4.69, 9.17) is 5.73 Å².